The van der Waals surface area contributed by atoms with Crippen molar-refractivity contribution in [3.8, 4) is 17.0 Å². The Bertz CT molecular complexity index is 777. The first-order chi connectivity index (χ1) is 8.66. The molecule has 0 aliphatic heterocycles. The van der Waals surface area contributed by atoms with E-state index in [4.69, 9.17) is 11.6 Å². The molecule has 0 unspecified atom stereocenters. The van der Waals surface area contributed by atoms with Gasteiger partial charge in [-0.3, -0.25) is 0 Å². The molecule has 0 bridgehead atoms. The van der Waals surface area contributed by atoms with E-state index < -0.39 is 0 Å². The van der Waals surface area contributed by atoms with Gasteiger partial charge in [0.15, 0.2) is 5.56 Å². The maximum absolute atomic E-state index is 12.0. The quantitative estimate of drug-likeness (QED) is 0.648. The number of benzene rings is 1. The van der Waals surface area contributed by atoms with Crippen molar-refractivity contribution in [2.24, 2.45) is 0 Å². The number of halogens is 1. The van der Waals surface area contributed by atoms with Crippen molar-refractivity contribution in [1.29, 1.82) is 0 Å². The maximum atomic E-state index is 12.0. The number of nitrogens with zero attached hydrogens (tertiary/aromatic N) is 2. The van der Waals surface area contributed by atoms with Crippen LogP contribution in [0, 0.1) is 0 Å². The van der Waals surface area contributed by atoms with Gasteiger partial charge in [0.25, 0.3) is 0 Å². The van der Waals surface area contributed by atoms with Crippen molar-refractivity contribution in [3.05, 3.63) is 58.1 Å². The van der Waals surface area contributed by atoms with Crippen molar-refractivity contribution in [2.75, 3.05) is 0 Å². The molecule has 0 aliphatic carbocycles. The van der Waals surface area contributed by atoms with E-state index >= 15 is 0 Å². The fourth-order valence-electron chi connectivity index (χ4n) is 1.88. The zero-order valence-corrected chi connectivity index (χ0v) is 9.93. The normalized spacial score (nSPS) is 10.9. The summed E-state index contributed by atoms with van der Waals surface area (Å²) in [5.41, 5.74) is 0.470. The lowest BCUT2D eigenvalue weighted by molar-refractivity contribution is -0.631. The molecule has 0 spiro atoms. The molecule has 0 atom stereocenters. The molecule has 6 heteroatoms. The number of nitrogens with one attached hydrogen (secondary N) is 1. The molecular formula is C12H9ClN3O2+. The summed E-state index contributed by atoms with van der Waals surface area (Å²) in [6.07, 6.45) is 3.01. The van der Waals surface area contributed by atoms with Gasteiger partial charge in [-0.05, 0) is 5.56 Å². The van der Waals surface area contributed by atoms with Crippen LogP contribution in [-0.4, -0.2) is 14.8 Å². The van der Waals surface area contributed by atoms with Gasteiger partial charge in [0.05, 0.1) is 0 Å². The number of aromatic nitrogens is 3. The van der Waals surface area contributed by atoms with E-state index in [1.807, 2.05) is 6.07 Å². The summed E-state index contributed by atoms with van der Waals surface area (Å²) >= 11 is 5.83. The van der Waals surface area contributed by atoms with Crippen LogP contribution in [-0.2, 0) is 0 Å². The monoisotopic (exact) mass is 262 g/mol. The van der Waals surface area contributed by atoms with E-state index in [0.29, 0.717) is 10.6 Å². The molecular weight excluding hydrogens is 254 g/mol. The smallest absolute Gasteiger partial charge is 0.365 e. The van der Waals surface area contributed by atoms with Crippen molar-refractivity contribution in [3.63, 3.8) is 0 Å². The highest BCUT2D eigenvalue weighted by atomic mass is 35.5. The maximum Gasteiger partial charge on any atom is 0.365 e. The second kappa shape index (κ2) is 3.89. The van der Waals surface area contributed by atoms with Gasteiger partial charge in [0.2, 0.25) is 0 Å². The molecule has 0 aliphatic rings. The van der Waals surface area contributed by atoms with Crippen LogP contribution < -0.4 is 10.1 Å². The molecule has 2 N–H and O–H groups in total. The van der Waals surface area contributed by atoms with Crippen LogP contribution >= 0.6 is 11.6 Å². The van der Waals surface area contributed by atoms with E-state index in [2.05, 4.69) is 5.10 Å². The third-order valence-corrected chi connectivity index (χ3v) is 2.86. The standard InChI is InChI=1S/C12H8ClN3O2/c13-9-6-15-12(18)10(8-4-2-1-3-5-8)11(17)14-16(15)7-9/h1-7H,(H-,14,17,18)/p+1. The van der Waals surface area contributed by atoms with Gasteiger partial charge in [0.1, 0.15) is 17.4 Å². The van der Waals surface area contributed by atoms with Crippen LogP contribution in [0.2, 0.25) is 5.02 Å². The van der Waals surface area contributed by atoms with E-state index in [0.717, 1.165) is 0 Å². The Hall–Kier alpha value is -2.27. The van der Waals surface area contributed by atoms with E-state index in [-0.39, 0.29) is 17.0 Å². The molecule has 0 saturated heterocycles. The Kier molecular flexibility index (Phi) is 2.34. The minimum Gasteiger partial charge on any atom is -0.476 e. The summed E-state index contributed by atoms with van der Waals surface area (Å²) in [6, 6.07) is 8.95. The average molecular weight is 263 g/mol. The molecule has 0 fully saturated rings. The molecule has 1 aromatic carbocycles. The molecule has 18 heavy (non-hydrogen) atoms. The van der Waals surface area contributed by atoms with Crippen LogP contribution in [0.5, 0.6) is 5.88 Å². The van der Waals surface area contributed by atoms with Gasteiger partial charge in [0, 0.05) is 0 Å². The Morgan fingerprint density at radius 3 is 2.72 bits per heavy atom. The third-order valence-electron chi connectivity index (χ3n) is 2.67. The predicted molar refractivity (Wildman–Crippen MR) is 65.8 cm³/mol. The first kappa shape index (κ1) is 10.9. The second-order valence-electron chi connectivity index (χ2n) is 3.84. The van der Waals surface area contributed by atoms with E-state index in [9.17, 15) is 9.90 Å². The molecule has 90 valence electrons. The first-order valence-electron chi connectivity index (χ1n) is 5.27. The number of hydrogen-bond acceptors (Lipinski definition) is 2. The molecule has 3 rings (SSSR count). The molecule has 2 heterocycles. The minimum atomic E-state index is -0.383. The number of H-pyrrole nitrogens is 1. The van der Waals surface area contributed by atoms with Crippen LogP contribution in [0.1, 0.15) is 0 Å². The van der Waals surface area contributed by atoms with E-state index in [1.165, 1.54) is 21.5 Å². The Labute approximate surface area is 106 Å². The first-order valence-corrected chi connectivity index (χ1v) is 5.65. The van der Waals surface area contributed by atoms with Gasteiger partial charge in [-0.15, -0.1) is 5.10 Å². The van der Waals surface area contributed by atoms with Crippen molar-refractivity contribution in [1.82, 2.24) is 9.73 Å². The highest BCUT2D eigenvalue weighted by Crippen LogP contribution is 2.21. The zero-order chi connectivity index (χ0) is 12.7. The minimum absolute atomic E-state index is 0.156. The molecule has 5 nitrogen and oxygen atoms in total. The Morgan fingerprint density at radius 2 is 2.00 bits per heavy atom. The van der Waals surface area contributed by atoms with Gasteiger partial charge < -0.3 is 5.11 Å². The van der Waals surface area contributed by atoms with Gasteiger partial charge in [-0.2, -0.15) is 0 Å². The largest absolute Gasteiger partial charge is 0.476 e. The highest BCUT2D eigenvalue weighted by Gasteiger charge is 2.20. The summed E-state index contributed by atoms with van der Waals surface area (Å²) in [5, 5.41) is 13.2. The number of aromatic amines is 1. The van der Waals surface area contributed by atoms with Gasteiger partial charge >= 0.3 is 11.4 Å². The topological polar surface area (TPSA) is 61.6 Å². The third kappa shape index (κ3) is 1.56. The number of aromatic hydroxyl groups is 1. The summed E-state index contributed by atoms with van der Waals surface area (Å²) in [6.45, 7) is 0. The van der Waals surface area contributed by atoms with Gasteiger partial charge in [-0.25, -0.2) is 4.79 Å². The average Bonchev–Trinajstić information content (AvgIpc) is 2.71. The van der Waals surface area contributed by atoms with Crippen LogP contribution in [0.15, 0.2) is 47.5 Å². The summed E-state index contributed by atoms with van der Waals surface area (Å²) in [5.74, 6) is -0.156. The molecule has 0 saturated carbocycles. The molecule has 0 radical (unpaired) electrons. The van der Waals surface area contributed by atoms with Gasteiger partial charge in [-0.1, -0.05) is 51.1 Å². The Morgan fingerprint density at radius 1 is 1.28 bits per heavy atom. The summed E-state index contributed by atoms with van der Waals surface area (Å²) in [7, 11) is 0. The lowest BCUT2D eigenvalue weighted by Gasteiger charge is -2.00. The Balaban J connectivity index is 2.40. The predicted octanol–water partition coefficient (Wildman–Crippen LogP) is 1.24. The second-order valence-corrected chi connectivity index (χ2v) is 4.27. The zero-order valence-electron chi connectivity index (χ0n) is 9.17. The SMILES string of the molecule is O=c1[nH]n2cc(Cl)c[n+]2c(O)c1-c1ccccc1. The van der Waals surface area contributed by atoms with Crippen LogP contribution in [0.25, 0.3) is 11.1 Å². The summed E-state index contributed by atoms with van der Waals surface area (Å²) < 4.78 is 2.69. The number of rotatable bonds is 1. The number of fused-ring (bicyclic) bond motifs is 1. The van der Waals surface area contributed by atoms with Crippen LogP contribution in [0.3, 0.4) is 0 Å². The highest BCUT2D eigenvalue weighted by molar-refractivity contribution is 6.30. The van der Waals surface area contributed by atoms with Crippen LogP contribution in [0.4, 0.5) is 0 Å². The molecule has 0 amide bonds. The van der Waals surface area contributed by atoms with Crippen molar-refractivity contribution < 1.29 is 9.62 Å². The van der Waals surface area contributed by atoms with Crippen molar-refractivity contribution in [2.45, 2.75) is 0 Å². The molecule has 2 aromatic heterocycles. The van der Waals surface area contributed by atoms with Crippen molar-refractivity contribution >= 4 is 11.6 Å². The summed E-state index contributed by atoms with van der Waals surface area (Å²) in [4.78, 5) is 12.0. The fourth-order valence-corrected chi connectivity index (χ4v) is 2.07. The molecule has 3 aromatic rings. The lowest BCUT2D eigenvalue weighted by Crippen LogP contribution is -2.35. The number of hydrogen-bond donors (Lipinski definition) is 2. The van der Waals surface area contributed by atoms with E-state index in [1.54, 1.807) is 24.3 Å². The fraction of sp³-hybridized carbons (Fsp3) is 0. The lowest BCUT2D eigenvalue weighted by atomic mass is 10.1.